The summed E-state index contributed by atoms with van der Waals surface area (Å²) >= 11 is 0. The second-order valence-electron chi connectivity index (χ2n) is 10.0. The SMILES string of the molecule is CCCCCCCCCCCCCCCCCOC(=O)CCCCCC(=O)OCCCCCC. The molecule has 0 aromatic heterocycles. The molecule has 202 valence electrons. The van der Waals surface area contributed by atoms with E-state index in [2.05, 4.69) is 13.8 Å². The third kappa shape index (κ3) is 27.2. The summed E-state index contributed by atoms with van der Waals surface area (Å²) < 4.78 is 10.6. The Morgan fingerprint density at radius 1 is 0.382 bits per heavy atom. The Kier molecular flexibility index (Phi) is 27.3. The molecule has 0 radical (unpaired) electrons. The van der Waals surface area contributed by atoms with Crippen LogP contribution in [0.1, 0.15) is 168 Å². The molecule has 0 amide bonds. The zero-order valence-electron chi connectivity index (χ0n) is 23.0. The molecule has 4 heteroatoms. The van der Waals surface area contributed by atoms with E-state index in [4.69, 9.17) is 9.47 Å². The lowest BCUT2D eigenvalue weighted by molar-refractivity contribution is -0.144. The van der Waals surface area contributed by atoms with Crippen molar-refractivity contribution in [3.05, 3.63) is 0 Å². The summed E-state index contributed by atoms with van der Waals surface area (Å²) in [6.45, 7) is 5.55. The van der Waals surface area contributed by atoms with Gasteiger partial charge < -0.3 is 9.47 Å². The van der Waals surface area contributed by atoms with Crippen LogP contribution in [0.3, 0.4) is 0 Å². The van der Waals surface area contributed by atoms with Crippen LogP contribution in [-0.4, -0.2) is 25.2 Å². The number of hydrogen-bond donors (Lipinski definition) is 0. The first-order chi connectivity index (χ1) is 16.7. The molecule has 0 rings (SSSR count). The number of unbranched alkanes of at least 4 members (excludes halogenated alkanes) is 19. The number of hydrogen-bond acceptors (Lipinski definition) is 4. The average molecular weight is 483 g/mol. The van der Waals surface area contributed by atoms with Gasteiger partial charge in [0.2, 0.25) is 0 Å². The molecule has 34 heavy (non-hydrogen) atoms. The van der Waals surface area contributed by atoms with Gasteiger partial charge in [0, 0.05) is 12.8 Å². The van der Waals surface area contributed by atoms with Crippen molar-refractivity contribution in [2.24, 2.45) is 0 Å². The minimum atomic E-state index is -0.104. The zero-order chi connectivity index (χ0) is 25.0. The van der Waals surface area contributed by atoms with Gasteiger partial charge in [0.05, 0.1) is 13.2 Å². The van der Waals surface area contributed by atoms with Gasteiger partial charge in [-0.1, -0.05) is 129 Å². The third-order valence-electron chi connectivity index (χ3n) is 6.53. The van der Waals surface area contributed by atoms with Crippen LogP contribution in [0.4, 0.5) is 0 Å². The minimum absolute atomic E-state index is 0.0936. The molecule has 0 aromatic rings. The number of carbonyl (C=O) groups is 2. The maximum absolute atomic E-state index is 11.8. The summed E-state index contributed by atoms with van der Waals surface area (Å²) in [5, 5.41) is 0. The highest BCUT2D eigenvalue weighted by atomic mass is 16.5. The van der Waals surface area contributed by atoms with Crippen LogP contribution < -0.4 is 0 Å². The number of carbonyl (C=O) groups excluding carboxylic acids is 2. The monoisotopic (exact) mass is 482 g/mol. The molecule has 0 aliphatic heterocycles. The first-order valence-electron chi connectivity index (χ1n) is 15.0. The molecular weight excluding hydrogens is 424 g/mol. The van der Waals surface area contributed by atoms with E-state index in [1.807, 2.05) is 0 Å². The normalized spacial score (nSPS) is 11.0. The van der Waals surface area contributed by atoms with Gasteiger partial charge in [-0.15, -0.1) is 0 Å². The lowest BCUT2D eigenvalue weighted by atomic mass is 10.0. The summed E-state index contributed by atoms with van der Waals surface area (Å²) in [7, 11) is 0. The molecule has 0 bridgehead atoms. The van der Waals surface area contributed by atoms with Crippen molar-refractivity contribution in [2.75, 3.05) is 13.2 Å². The Balaban J connectivity index is 3.23. The van der Waals surface area contributed by atoms with Gasteiger partial charge in [-0.2, -0.15) is 0 Å². The highest BCUT2D eigenvalue weighted by Gasteiger charge is 2.05. The van der Waals surface area contributed by atoms with Crippen molar-refractivity contribution in [1.82, 2.24) is 0 Å². The quantitative estimate of drug-likeness (QED) is 0.0864. The fourth-order valence-electron chi connectivity index (χ4n) is 4.23. The van der Waals surface area contributed by atoms with Gasteiger partial charge in [0.25, 0.3) is 0 Å². The van der Waals surface area contributed by atoms with Crippen molar-refractivity contribution in [1.29, 1.82) is 0 Å². The van der Waals surface area contributed by atoms with Gasteiger partial charge in [0.1, 0.15) is 0 Å². The van der Waals surface area contributed by atoms with E-state index in [9.17, 15) is 9.59 Å². The van der Waals surface area contributed by atoms with Crippen molar-refractivity contribution in [3.8, 4) is 0 Å². The van der Waals surface area contributed by atoms with Crippen molar-refractivity contribution in [3.63, 3.8) is 0 Å². The van der Waals surface area contributed by atoms with Gasteiger partial charge in [-0.3, -0.25) is 9.59 Å². The molecule has 0 aliphatic rings. The maximum Gasteiger partial charge on any atom is 0.305 e. The number of ether oxygens (including phenoxy) is 2. The molecule has 0 aliphatic carbocycles. The van der Waals surface area contributed by atoms with Gasteiger partial charge in [-0.05, 0) is 25.7 Å². The maximum atomic E-state index is 11.8. The molecule has 0 N–H and O–H groups in total. The fraction of sp³-hybridized carbons (Fsp3) is 0.933. The predicted octanol–water partition coefficient (Wildman–Crippen LogP) is 9.48. The van der Waals surface area contributed by atoms with Crippen molar-refractivity contribution < 1.29 is 19.1 Å². The molecule has 0 fully saturated rings. The minimum Gasteiger partial charge on any atom is -0.466 e. The molecule has 0 saturated carbocycles. The van der Waals surface area contributed by atoms with Crippen molar-refractivity contribution >= 4 is 11.9 Å². The highest BCUT2D eigenvalue weighted by Crippen LogP contribution is 2.13. The molecular formula is C30H58O4. The Bertz CT molecular complexity index is 436. The van der Waals surface area contributed by atoms with E-state index in [0.29, 0.717) is 26.1 Å². The van der Waals surface area contributed by atoms with Crippen LogP contribution in [0.2, 0.25) is 0 Å². The summed E-state index contributed by atoms with van der Waals surface area (Å²) in [6.07, 6.45) is 28.0. The highest BCUT2D eigenvalue weighted by molar-refractivity contribution is 5.69. The molecule has 0 saturated heterocycles. The number of esters is 2. The Hall–Kier alpha value is -1.06. The summed E-state index contributed by atoms with van der Waals surface area (Å²) in [5.41, 5.74) is 0. The van der Waals surface area contributed by atoms with Crippen molar-refractivity contribution in [2.45, 2.75) is 168 Å². The van der Waals surface area contributed by atoms with Gasteiger partial charge >= 0.3 is 11.9 Å². The number of rotatable bonds is 27. The van der Waals surface area contributed by atoms with E-state index in [1.54, 1.807) is 0 Å². The van der Waals surface area contributed by atoms with E-state index in [1.165, 1.54) is 96.3 Å². The first kappa shape index (κ1) is 32.9. The molecule has 0 atom stereocenters. The molecule has 4 nitrogen and oxygen atoms in total. The third-order valence-corrected chi connectivity index (χ3v) is 6.53. The van der Waals surface area contributed by atoms with E-state index < -0.39 is 0 Å². The summed E-state index contributed by atoms with van der Waals surface area (Å²) in [5.74, 6) is -0.198. The largest absolute Gasteiger partial charge is 0.466 e. The summed E-state index contributed by atoms with van der Waals surface area (Å²) in [4.78, 5) is 23.4. The van der Waals surface area contributed by atoms with Crippen LogP contribution in [0.25, 0.3) is 0 Å². The van der Waals surface area contributed by atoms with E-state index >= 15 is 0 Å². The molecule has 0 spiro atoms. The van der Waals surface area contributed by atoms with Crippen LogP contribution in [0.15, 0.2) is 0 Å². The lowest BCUT2D eigenvalue weighted by Gasteiger charge is -2.06. The smallest absolute Gasteiger partial charge is 0.305 e. The Morgan fingerprint density at radius 3 is 1.00 bits per heavy atom. The van der Waals surface area contributed by atoms with E-state index in [-0.39, 0.29) is 11.9 Å². The summed E-state index contributed by atoms with van der Waals surface area (Å²) in [6, 6.07) is 0. The lowest BCUT2D eigenvalue weighted by Crippen LogP contribution is -2.07. The van der Waals surface area contributed by atoms with Crippen LogP contribution in [0, 0.1) is 0 Å². The topological polar surface area (TPSA) is 52.6 Å². The Morgan fingerprint density at radius 2 is 0.647 bits per heavy atom. The first-order valence-corrected chi connectivity index (χ1v) is 15.0. The average Bonchev–Trinajstić information content (AvgIpc) is 2.83. The standard InChI is InChI=1S/C30H58O4/c1-3-5-7-9-10-11-12-13-14-15-16-17-18-19-24-28-34-30(32)26-22-20-21-25-29(31)33-27-23-8-6-4-2/h3-28H2,1-2H3. The molecule has 0 heterocycles. The van der Waals surface area contributed by atoms with Crippen LogP contribution in [0.5, 0.6) is 0 Å². The fourth-order valence-corrected chi connectivity index (χ4v) is 4.23. The van der Waals surface area contributed by atoms with Gasteiger partial charge in [0.15, 0.2) is 0 Å². The van der Waals surface area contributed by atoms with Gasteiger partial charge in [-0.25, -0.2) is 0 Å². The molecule has 0 unspecified atom stereocenters. The van der Waals surface area contributed by atoms with Crippen LogP contribution >= 0.6 is 0 Å². The molecule has 0 aromatic carbocycles. The Labute approximate surface area is 212 Å². The second-order valence-corrected chi connectivity index (χ2v) is 10.0. The zero-order valence-corrected chi connectivity index (χ0v) is 23.0. The second kappa shape index (κ2) is 28.2. The predicted molar refractivity (Wildman–Crippen MR) is 144 cm³/mol. The van der Waals surface area contributed by atoms with Crippen LogP contribution in [-0.2, 0) is 19.1 Å². The van der Waals surface area contributed by atoms with E-state index in [0.717, 1.165) is 44.9 Å².